The molecule has 12 heteroatoms. The summed E-state index contributed by atoms with van der Waals surface area (Å²) in [6, 6.07) is 10.4. The van der Waals surface area contributed by atoms with E-state index in [4.69, 9.17) is 28.9 Å². The minimum atomic E-state index is -1.05. The van der Waals surface area contributed by atoms with Crippen molar-refractivity contribution in [1.82, 2.24) is 9.55 Å². The van der Waals surface area contributed by atoms with Crippen molar-refractivity contribution in [3.63, 3.8) is 0 Å². The van der Waals surface area contributed by atoms with Gasteiger partial charge >= 0.3 is 18.0 Å². The number of hydrogen-bond donors (Lipinski definition) is 2. The van der Waals surface area contributed by atoms with Crippen molar-refractivity contribution < 1.29 is 38.5 Å². The second kappa shape index (κ2) is 8.39. The van der Waals surface area contributed by atoms with Crippen LogP contribution in [-0.4, -0.2) is 52.0 Å². The zero-order valence-corrected chi connectivity index (χ0v) is 15.4. The van der Waals surface area contributed by atoms with Crippen LogP contribution in [-0.2, 0) is 30.3 Å². The molecule has 158 valence electrons. The lowest BCUT2D eigenvalue weighted by Crippen LogP contribution is -2.34. The molecule has 3 heterocycles. The quantitative estimate of drug-likeness (QED) is 0.514. The van der Waals surface area contributed by atoms with E-state index in [1.54, 1.807) is 17.6 Å². The summed E-state index contributed by atoms with van der Waals surface area (Å²) in [6.45, 7) is -0.259. The Labute approximate surface area is 168 Å². The van der Waals surface area contributed by atoms with Crippen LogP contribution in [0.3, 0.4) is 0 Å². The molecule has 4 rings (SSSR count). The monoisotopic (exact) mass is 419 g/mol. The normalized spacial score (nSPS) is 24.5. The molecule has 2 fully saturated rings. The van der Waals surface area contributed by atoms with E-state index in [1.165, 1.54) is 12.3 Å². The summed E-state index contributed by atoms with van der Waals surface area (Å²) in [5.74, 6) is -0.0634. The maximum absolute atomic E-state index is 12.2. The molecule has 30 heavy (non-hydrogen) atoms. The molecule has 2 aromatic rings. The highest BCUT2D eigenvalue weighted by Gasteiger charge is 2.55. The predicted molar refractivity (Wildman–Crippen MR) is 95.5 cm³/mol. The molecule has 2 N–H and O–H groups in total. The van der Waals surface area contributed by atoms with Crippen LogP contribution in [0.25, 0.3) is 0 Å². The van der Waals surface area contributed by atoms with Crippen molar-refractivity contribution >= 4 is 18.1 Å². The van der Waals surface area contributed by atoms with Crippen molar-refractivity contribution in [3.8, 4) is 0 Å². The first-order chi connectivity index (χ1) is 14.5. The third-order valence-electron chi connectivity index (χ3n) is 4.53. The average Bonchev–Trinajstić information content (AvgIpc) is 3.29. The number of nitrogens with one attached hydrogen (secondary N) is 1. The smallest absolute Gasteiger partial charge is 0.431 e. The third-order valence-corrected chi connectivity index (χ3v) is 4.53. The van der Waals surface area contributed by atoms with Gasteiger partial charge in [-0.3, -0.25) is 15.3 Å². The largest absolute Gasteiger partial charge is 0.509 e. The van der Waals surface area contributed by atoms with Crippen molar-refractivity contribution in [2.75, 3.05) is 12.1 Å². The van der Waals surface area contributed by atoms with Crippen molar-refractivity contribution in [2.24, 2.45) is 0 Å². The summed E-state index contributed by atoms with van der Waals surface area (Å²) >= 11 is 0. The SMILES string of the molecule is O=C(OCc1ccccc1)OC[C@H]1O[C@@H](n2ccc(NO)nc2=O)[C@@H]2OC(=O)O[C@@H]21. The number of nitrogens with zero attached hydrogens (tertiary/aromatic N) is 2. The van der Waals surface area contributed by atoms with Gasteiger partial charge in [0.05, 0.1) is 0 Å². The van der Waals surface area contributed by atoms with Crippen LogP contribution in [0, 0.1) is 0 Å². The number of carbonyl (C=O) groups excluding carboxylic acids is 2. The maximum Gasteiger partial charge on any atom is 0.509 e. The zero-order valence-electron chi connectivity index (χ0n) is 15.4. The topological polar surface area (TPSA) is 147 Å². The summed E-state index contributed by atoms with van der Waals surface area (Å²) < 4.78 is 27.1. The van der Waals surface area contributed by atoms with Gasteiger partial charge in [0.2, 0.25) is 0 Å². The van der Waals surface area contributed by atoms with E-state index in [0.717, 1.165) is 10.1 Å². The first-order valence-electron chi connectivity index (χ1n) is 8.90. The summed E-state index contributed by atoms with van der Waals surface area (Å²) in [4.78, 5) is 39.2. The zero-order chi connectivity index (χ0) is 21.1. The molecule has 2 aliphatic rings. The van der Waals surface area contributed by atoms with Gasteiger partial charge in [0.15, 0.2) is 24.3 Å². The fraction of sp³-hybridized carbons (Fsp3) is 0.333. The lowest BCUT2D eigenvalue weighted by molar-refractivity contribution is -0.0807. The second-order valence-corrected chi connectivity index (χ2v) is 6.43. The number of aromatic nitrogens is 2. The van der Waals surface area contributed by atoms with Crippen molar-refractivity contribution in [2.45, 2.75) is 31.1 Å². The number of anilines is 1. The van der Waals surface area contributed by atoms with E-state index in [-0.39, 0.29) is 19.0 Å². The standard InChI is InChI=1S/C18H17N3O9/c22-16-19-12(20-25)6-7-21(16)15-14-13(29-18(24)30-14)11(28-15)9-27-17(23)26-8-10-4-2-1-3-5-10/h1-7,11,13-15,25H,8-9H2,(H,19,20,22)/t11-,13-,14-,15-/m1/s1. The van der Waals surface area contributed by atoms with E-state index < -0.39 is 42.5 Å². The molecule has 0 bridgehead atoms. The first-order valence-corrected chi connectivity index (χ1v) is 8.90. The van der Waals surface area contributed by atoms with Crippen LogP contribution in [0.2, 0.25) is 0 Å². The fourth-order valence-electron chi connectivity index (χ4n) is 3.16. The minimum absolute atomic E-state index is 0.0320. The number of hydrogen-bond acceptors (Lipinski definition) is 11. The lowest BCUT2D eigenvalue weighted by Gasteiger charge is -2.18. The summed E-state index contributed by atoms with van der Waals surface area (Å²) in [5, 5.41) is 8.84. The molecule has 0 unspecified atom stereocenters. The molecular formula is C18H17N3O9. The molecule has 0 saturated carbocycles. The first kappa shape index (κ1) is 19.7. The van der Waals surface area contributed by atoms with Gasteiger partial charge in [0.1, 0.15) is 19.3 Å². The molecule has 4 atom stereocenters. The van der Waals surface area contributed by atoms with Gasteiger partial charge in [0.25, 0.3) is 0 Å². The highest BCUT2D eigenvalue weighted by Crippen LogP contribution is 2.37. The Kier molecular flexibility index (Phi) is 5.50. The minimum Gasteiger partial charge on any atom is -0.431 e. The van der Waals surface area contributed by atoms with Crippen LogP contribution in [0.15, 0.2) is 47.4 Å². The van der Waals surface area contributed by atoms with E-state index in [1.807, 2.05) is 18.2 Å². The molecule has 12 nitrogen and oxygen atoms in total. The van der Waals surface area contributed by atoms with Crippen molar-refractivity contribution in [3.05, 3.63) is 58.6 Å². The Morgan fingerprint density at radius 2 is 1.90 bits per heavy atom. The number of ether oxygens (including phenoxy) is 5. The van der Waals surface area contributed by atoms with Gasteiger partial charge in [-0.25, -0.2) is 14.4 Å². The molecule has 0 amide bonds. The number of rotatable bonds is 6. The Morgan fingerprint density at radius 3 is 2.63 bits per heavy atom. The van der Waals surface area contributed by atoms with Crippen LogP contribution < -0.4 is 11.2 Å². The van der Waals surface area contributed by atoms with Crippen LogP contribution in [0.4, 0.5) is 15.4 Å². The van der Waals surface area contributed by atoms with E-state index in [2.05, 4.69) is 4.98 Å². The highest BCUT2D eigenvalue weighted by atomic mass is 16.8. The Morgan fingerprint density at radius 1 is 1.13 bits per heavy atom. The Hall–Kier alpha value is -3.64. The molecule has 0 aliphatic carbocycles. The molecule has 2 aliphatic heterocycles. The molecule has 1 aromatic carbocycles. The van der Waals surface area contributed by atoms with Crippen molar-refractivity contribution in [1.29, 1.82) is 0 Å². The summed E-state index contributed by atoms with van der Waals surface area (Å²) in [5.41, 5.74) is 1.79. The van der Waals surface area contributed by atoms with Gasteiger partial charge in [-0.15, -0.1) is 0 Å². The molecule has 0 spiro atoms. The maximum atomic E-state index is 12.2. The predicted octanol–water partition coefficient (Wildman–Crippen LogP) is 1.20. The molecule has 1 aromatic heterocycles. The molecule has 2 saturated heterocycles. The number of carbonyl (C=O) groups is 2. The second-order valence-electron chi connectivity index (χ2n) is 6.43. The van der Waals surface area contributed by atoms with Crippen LogP contribution in [0.1, 0.15) is 11.8 Å². The highest BCUT2D eigenvalue weighted by molar-refractivity contribution is 5.63. The van der Waals surface area contributed by atoms with Gasteiger partial charge in [-0.1, -0.05) is 30.3 Å². The Bertz CT molecular complexity index is 980. The Balaban J connectivity index is 1.40. The number of benzene rings is 1. The van der Waals surface area contributed by atoms with Gasteiger partial charge in [0, 0.05) is 6.20 Å². The fourth-order valence-corrected chi connectivity index (χ4v) is 3.16. The van der Waals surface area contributed by atoms with Gasteiger partial charge in [-0.05, 0) is 11.6 Å². The van der Waals surface area contributed by atoms with E-state index >= 15 is 0 Å². The van der Waals surface area contributed by atoms with E-state index in [0.29, 0.717) is 0 Å². The van der Waals surface area contributed by atoms with Gasteiger partial charge < -0.3 is 23.7 Å². The van der Waals surface area contributed by atoms with Crippen LogP contribution in [0.5, 0.6) is 0 Å². The van der Waals surface area contributed by atoms with E-state index in [9.17, 15) is 14.4 Å². The van der Waals surface area contributed by atoms with Crippen LogP contribution >= 0.6 is 0 Å². The molecule has 0 radical (unpaired) electrons. The molecular weight excluding hydrogens is 402 g/mol. The third kappa shape index (κ3) is 4.04. The summed E-state index contributed by atoms with van der Waals surface area (Å²) in [6.07, 6.45) is -4.33. The summed E-state index contributed by atoms with van der Waals surface area (Å²) in [7, 11) is 0. The average molecular weight is 419 g/mol. The lowest BCUT2D eigenvalue weighted by atomic mass is 10.1. The number of fused-ring (bicyclic) bond motifs is 1. The van der Waals surface area contributed by atoms with Gasteiger partial charge in [-0.2, -0.15) is 4.98 Å².